The van der Waals surface area contributed by atoms with E-state index in [1.807, 2.05) is 18.2 Å². The number of nitrogens with one attached hydrogen (secondary N) is 2. The second-order valence-corrected chi connectivity index (χ2v) is 8.26. The highest BCUT2D eigenvalue weighted by Crippen LogP contribution is 2.32. The summed E-state index contributed by atoms with van der Waals surface area (Å²) in [7, 11) is 0. The van der Waals surface area contributed by atoms with Crippen LogP contribution in [-0.4, -0.2) is 29.6 Å². The monoisotopic (exact) mass is 410 g/mol. The van der Waals surface area contributed by atoms with Gasteiger partial charge in [0.25, 0.3) is 5.91 Å². The van der Waals surface area contributed by atoms with E-state index in [1.54, 1.807) is 25.1 Å². The van der Waals surface area contributed by atoms with Crippen molar-refractivity contribution in [2.75, 3.05) is 11.1 Å². The van der Waals surface area contributed by atoms with Crippen molar-refractivity contribution in [3.05, 3.63) is 59.2 Å². The van der Waals surface area contributed by atoms with E-state index in [2.05, 4.69) is 16.7 Å². The van der Waals surface area contributed by atoms with Gasteiger partial charge in [0, 0.05) is 4.90 Å². The van der Waals surface area contributed by atoms with Crippen molar-refractivity contribution in [1.82, 2.24) is 5.32 Å². The highest BCUT2D eigenvalue weighted by atomic mass is 32.2. The summed E-state index contributed by atoms with van der Waals surface area (Å²) in [6, 6.07) is 13.0. The van der Waals surface area contributed by atoms with Crippen LogP contribution in [0, 0.1) is 0 Å². The largest absolute Gasteiger partial charge is 0.449 e. The summed E-state index contributed by atoms with van der Waals surface area (Å²) < 4.78 is 5.38. The molecule has 0 aromatic heterocycles. The van der Waals surface area contributed by atoms with Gasteiger partial charge in [0.15, 0.2) is 6.10 Å². The Kier molecular flexibility index (Phi) is 5.58. The lowest BCUT2D eigenvalue weighted by Crippen LogP contribution is -2.39. The number of fused-ring (bicyclic) bond motifs is 2. The summed E-state index contributed by atoms with van der Waals surface area (Å²) in [5, 5.41) is 5.76. The fraction of sp³-hybridized carbons (Fsp3) is 0.318. The fourth-order valence-electron chi connectivity index (χ4n) is 3.69. The number of rotatable bonds is 4. The predicted molar refractivity (Wildman–Crippen MR) is 111 cm³/mol. The molecule has 0 fully saturated rings. The molecule has 0 saturated carbocycles. The van der Waals surface area contributed by atoms with Crippen LogP contribution in [0.15, 0.2) is 47.4 Å². The second kappa shape index (κ2) is 8.29. The molecule has 1 heterocycles. The number of aryl methyl sites for hydroxylation is 1. The highest BCUT2D eigenvalue weighted by Gasteiger charge is 2.26. The van der Waals surface area contributed by atoms with Gasteiger partial charge < -0.3 is 15.4 Å². The molecule has 2 atom stereocenters. The van der Waals surface area contributed by atoms with Crippen LogP contribution in [0.25, 0.3) is 0 Å². The zero-order valence-corrected chi connectivity index (χ0v) is 16.9. The van der Waals surface area contributed by atoms with Gasteiger partial charge in [-0.1, -0.05) is 24.3 Å². The molecular weight excluding hydrogens is 388 g/mol. The zero-order valence-electron chi connectivity index (χ0n) is 16.1. The van der Waals surface area contributed by atoms with Gasteiger partial charge in [0.2, 0.25) is 5.91 Å². The molecule has 0 spiro atoms. The topological polar surface area (TPSA) is 84.5 Å². The third kappa shape index (κ3) is 4.29. The van der Waals surface area contributed by atoms with E-state index in [0.717, 1.165) is 29.7 Å². The molecule has 2 N–H and O–H groups in total. The molecule has 4 rings (SSSR count). The molecule has 2 aromatic rings. The number of hydrogen-bond acceptors (Lipinski definition) is 5. The van der Waals surface area contributed by atoms with Crippen molar-refractivity contribution in [3.63, 3.8) is 0 Å². The maximum Gasteiger partial charge on any atom is 0.338 e. The molecule has 7 heteroatoms. The summed E-state index contributed by atoms with van der Waals surface area (Å²) in [5.41, 5.74) is 3.28. The van der Waals surface area contributed by atoms with E-state index in [1.165, 1.54) is 17.3 Å². The molecule has 0 bridgehead atoms. The number of carbonyl (C=O) groups excluding carboxylic acids is 3. The van der Waals surface area contributed by atoms with Gasteiger partial charge in [0.1, 0.15) is 0 Å². The number of benzene rings is 2. The van der Waals surface area contributed by atoms with Gasteiger partial charge >= 0.3 is 5.97 Å². The average molecular weight is 410 g/mol. The Labute approximate surface area is 173 Å². The Morgan fingerprint density at radius 1 is 1.24 bits per heavy atom. The molecule has 2 amide bonds. The molecule has 2 aliphatic rings. The summed E-state index contributed by atoms with van der Waals surface area (Å²) in [6.45, 7) is 1.57. The van der Waals surface area contributed by atoms with Crippen LogP contribution >= 0.6 is 11.8 Å². The molecule has 1 aliphatic carbocycles. The normalized spacial score (nSPS) is 18.7. The maximum atomic E-state index is 12.6. The summed E-state index contributed by atoms with van der Waals surface area (Å²) >= 11 is 1.42. The zero-order chi connectivity index (χ0) is 20.4. The molecule has 6 nitrogen and oxygen atoms in total. The first kappa shape index (κ1) is 19.5. The summed E-state index contributed by atoms with van der Waals surface area (Å²) in [6.07, 6.45) is 1.97. The predicted octanol–water partition coefficient (Wildman–Crippen LogP) is 3.47. The third-order valence-electron chi connectivity index (χ3n) is 5.19. The Balaban J connectivity index is 1.40. The first-order valence-corrected chi connectivity index (χ1v) is 10.7. The van der Waals surface area contributed by atoms with Gasteiger partial charge in [-0.2, -0.15) is 0 Å². The molecular formula is C22H22N2O4S. The molecule has 150 valence electrons. The minimum atomic E-state index is -0.920. The first-order valence-electron chi connectivity index (χ1n) is 9.67. The SMILES string of the molecule is C[C@H](OC(=O)c1ccc2c(c1)NC(=O)CS2)C(=O)N[C@H]1CCCc2ccccc21. The van der Waals surface area contributed by atoms with Crippen molar-refractivity contribution < 1.29 is 19.1 Å². The van der Waals surface area contributed by atoms with Gasteiger partial charge in [-0.25, -0.2) is 4.79 Å². The van der Waals surface area contributed by atoms with E-state index < -0.39 is 12.1 Å². The van der Waals surface area contributed by atoms with Crippen LogP contribution in [-0.2, 0) is 20.7 Å². The lowest BCUT2D eigenvalue weighted by Gasteiger charge is -2.27. The van der Waals surface area contributed by atoms with Gasteiger partial charge in [-0.15, -0.1) is 11.8 Å². The van der Waals surface area contributed by atoms with Crippen molar-refractivity contribution in [2.45, 2.75) is 43.2 Å². The van der Waals surface area contributed by atoms with Crippen LogP contribution in [0.2, 0.25) is 0 Å². The minimum absolute atomic E-state index is 0.0652. The molecule has 0 unspecified atom stereocenters. The van der Waals surface area contributed by atoms with Crippen LogP contribution < -0.4 is 10.6 Å². The number of carbonyl (C=O) groups is 3. The van der Waals surface area contributed by atoms with Crippen molar-refractivity contribution in [3.8, 4) is 0 Å². The fourth-order valence-corrected chi connectivity index (χ4v) is 4.47. The molecule has 2 aromatic carbocycles. The Morgan fingerprint density at radius 2 is 2.07 bits per heavy atom. The molecule has 0 saturated heterocycles. The minimum Gasteiger partial charge on any atom is -0.449 e. The Bertz CT molecular complexity index is 975. The van der Waals surface area contributed by atoms with E-state index >= 15 is 0 Å². The standard InChI is InChI=1S/C22H22N2O4S/c1-13(21(26)24-17-8-4-6-14-5-2-3-7-16(14)17)28-22(27)15-9-10-19-18(11-15)23-20(25)12-29-19/h2-3,5,7,9-11,13,17H,4,6,8,12H2,1H3,(H,23,25)(H,24,26)/t13-,17-/m0/s1. The highest BCUT2D eigenvalue weighted by molar-refractivity contribution is 8.00. The third-order valence-corrected chi connectivity index (χ3v) is 6.26. The number of ether oxygens (including phenoxy) is 1. The van der Waals surface area contributed by atoms with Crippen LogP contribution in [0.1, 0.15) is 47.3 Å². The van der Waals surface area contributed by atoms with Crippen LogP contribution in [0.4, 0.5) is 5.69 Å². The summed E-state index contributed by atoms with van der Waals surface area (Å²) in [4.78, 5) is 37.6. The molecule has 29 heavy (non-hydrogen) atoms. The summed E-state index contributed by atoms with van der Waals surface area (Å²) in [5.74, 6) is -0.655. The first-order chi connectivity index (χ1) is 14.0. The second-order valence-electron chi connectivity index (χ2n) is 7.25. The van der Waals surface area contributed by atoms with E-state index in [4.69, 9.17) is 4.74 Å². The maximum absolute atomic E-state index is 12.6. The average Bonchev–Trinajstić information content (AvgIpc) is 2.73. The van der Waals surface area contributed by atoms with Gasteiger partial charge in [-0.3, -0.25) is 9.59 Å². The quantitative estimate of drug-likeness (QED) is 0.754. The van der Waals surface area contributed by atoms with Crippen LogP contribution in [0.3, 0.4) is 0 Å². The number of esters is 1. The number of amides is 2. The molecule has 0 radical (unpaired) electrons. The van der Waals surface area contributed by atoms with E-state index in [-0.39, 0.29) is 17.9 Å². The van der Waals surface area contributed by atoms with E-state index in [9.17, 15) is 14.4 Å². The Hall–Kier alpha value is -2.80. The van der Waals surface area contributed by atoms with Crippen LogP contribution in [0.5, 0.6) is 0 Å². The Morgan fingerprint density at radius 3 is 2.93 bits per heavy atom. The number of hydrogen-bond donors (Lipinski definition) is 2. The van der Waals surface area contributed by atoms with E-state index in [0.29, 0.717) is 17.0 Å². The number of anilines is 1. The number of thioether (sulfide) groups is 1. The lowest BCUT2D eigenvalue weighted by atomic mass is 9.87. The van der Waals surface area contributed by atoms with Crippen molar-refractivity contribution >= 4 is 35.2 Å². The van der Waals surface area contributed by atoms with Gasteiger partial charge in [-0.05, 0) is 55.5 Å². The smallest absolute Gasteiger partial charge is 0.338 e. The molecule has 1 aliphatic heterocycles. The lowest BCUT2D eigenvalue weighted by molar-refractivity contribution is -0.130. The van der Waals surface area contributed by atoms with Crippen molar-refractivity contribution in [2.24, 2.45) is 0 Å². The van der Waals surface area contributed by atoms with Crippen molar-refractivity contribution in [1.29, 1.82) is 0 Å². The van der Waals surface area contributed by atoms with Gasteiger partial charge in [0.05, 0.1) is 23.0 Å².